The molecule has 3 aromatic heterocycles. The Morgan fingerprint density at radius 1 is 1.36 bits per heavy atom. The van der Waals surface area contributed by atoms with Crippen LogP contribution in [0.25, 0.3) is 21.3 Å². The van der Waals surface area contributed by atoms with E-state index in [-0.39, 0.29) is 29.0 Å². The molecule has 0 aliphatic heterocycles. The van der Waals surface area contributed by atoms with Crippen molar-refractivity contribution in [2.24, 2.45) is 0 Å². The SMILES string of the molecule is CCOC(=O)c1ccc(C=C(Cl)c2nc3sc(C(=O)OC)c(C)c3c(=O)[nH]2)o1. The van der Waals surface area contributed by atoms with Gasteiger partial charge in [-0.1, -0.05) is 11.6 Å². The summed E-state index contributed by atoms with van der Waals surface area (Å²) in [6.07, 6.45) is 1.41. The molecule has 3 rings (SSSR count). The van der Waals surface area contributed by atoms with Crippen LogP contribution in [-0.4, -0.2) is 35.6 Å². The van der Waals surface area contributed by atoms with Gasteiger partial charge in [-0.3, -0.25) is 4.79 Å². The molecule has 0 unspecified atom stereocenters. The lowest BCUT2D eigenvalue weighted by Crippen LogP contribution is -2.10. The monoisotopic (exact) mass is 422 g/mol. The normalized spacial score (nSPS) is 11.6. The number of rotatable bonds is 5. The van der Waals surface area contributed by atoms with Crippen LogP contribution in [0.5, 0.6) is 0 Å². The maximum atomic E-state index is 12.5. The summed E-state index contributed by atoms with van der Waals surface area (Å²) in [7, 11) is 1.27. The quantitative estimate of drug-likeness (QED) is 0.625. The molecule has 0 bridgehead atoms. The van der Waals surface area contributed by atoms with Gasteiger partial charge in [-0.25, -0.2) is 14.6 Å². The van der Waals surface area contributed by atoms with Gasteiger partial charge in [0.15, 0.2) is 5.82 Å². The Balaban J connectivity index is 1.99. The van der Waals surface area contributed by atoms with Gasteiger partial charge in [-0.05, 0) is 31.5 Å². The number of hydrogen-bond donors (Lipinski definition) is 1. The minimum absolute atomic E-state index is 0.0334. The highest BCUT2D eigenvalue weighted by atomic mass is 35.5. The van der Waals surface area contributed by atoms with Gasteiger partial charge in [-0.15, -0.1) is 11.3 Å². The number of H-pyrrole nitrogens is 1. The molecule has 0 saturated heterocycles. The predicted molar refractivity (Wildman–Crippen MR) is 105 cm³/mol. The van der Waals surface area contributed by atoms with E-state index in [9.17, 15) is 14.4 Å². The highest BCUT2D eigenvalue weighted by Gasteiger charge is 2.20. The Morgan fingerprint density at radius 2 is 2.11 bits per heavy atom. The zero-order valence-corrected chi connectivity index (χ0v) is 16.7. The molecule has 1 N–H and O–H groups in total. The Hall–Kier alpha value is -2.91. The van der Waals surface area contributed by atoms with Crippen molar-refractivity contribution in [2.45, 2.75) is 13.8 Å². The lowest BCUT2D eigenvalue weighted by atomic mass is 10.2. The summed E-state index contributed by atoms with van der Waals surface area (Å²) in [6, 6.07) is 2.99. The highest BCUT2D eigenvalue weighted by molar-refractivity contribution is 7.20. The van der Waals surface area contributed by atoms with E-state index in [0.717, 1.165) is 11.3 Å². The largest absolute Gasteiger partial charge is 0.465 e. The molecule has 10 heteroatoms. The van der Waals surface area contributed by atoms with Crippen molar-refractivity contribution in [3.05, 3.63) is 50.3 Å². The van der Waals surface area contributed by atoms with Gasteiger partial charge < -0.3 is 18.9 Å². The summed E-state index contributed by atoms with van der Waals surface area (Å²) >= 11 is 7.31. The third kappa shape index (κ3) is 3.71. The lowest BCUT2D eigenvalue weighted by molar-refractivity contribution is 0.0489. The van der Waals surface area contributed by atoms with Crippen LogP contribution in [0.1, 0.15) is 44.3 Å². The van der Waals surface area contributed by atoms with Gasteiger partial charge >= 0.3 is 11.9 Å². The number of furan rings is 1. The van der Waals surface area contributed by atoms with Crippen LogP contribution in [0, 0.1) is 6.92 Å². The van der Waals surface area contributed by atoms with E-state index in [1.807, 2.05) is 0 Å². The Kier molecular flexibility index (Phi) is 5.66. The minimum Gasteiger partial charge on any atom is -0.465 e. The molecular formula is C18H15ClN2O6S. The first-order chi connectivity index (χ1) is 13.3. The topological polar surface area (TPSA) is 111 Å². The lowest BCUT2D eigenvalue weighted by Gasteiger charge is -1.99. The molecule has 0 aromatic carbocycles. The van der Waals surface area contributed by atoms with E-state index in [0.29, 0.717) is 20.7 Å². The van der Waals surface area contributed by atoms with Crippen LogP contribution < -0.4 is 5.56 Å². The number of aromatic nitrogens is 2. The van der Waals surface area contributed by atoms with Gasteiger partial charge in [-0.2, -0.15) is 0 Å². The number of nitrogens with zero attached hydrogens (tertiary/aromatic N) is 1. The summed E-state index contributed by atoms with van der Waals surface area (Å²) in [5.74, 6) is -0.703. The van der Waals surface area contributed by atoms with Crippen molar-refractivity contribution < 1.29 is 23.5 Å². The second-order valence-corrected chi connectivity index (χ2v) is 6.96. The third-order valence-corrected chi connectivity index (χ3v) is 5.22. The molecule has 0 atom stereocenters. The maximum Gasteiger partial charge on any atom is 0.374 e. The number of nitrogens with one attached hydrogen (secondary N) is 1. The summed E-state index contributed by atoms with van der Waals surface area (Å²) in [5.41, 5.74) is 0.0690. The number of carbonyl (C=O) groups is 2. The van der Waals surface area contributed by atoms with Gasteiger partial charge in [0.05, 0.1) is 24.1 Å². The summed E-state index contributed by atoms with van der Waals surface area (Å²) in [4.78, 5) is 43.5. The van der Waals surface area contributed by atoms with Crippen molar-refractivity contribution in [2.75, 3.05) is 13.7 Å². The third-order valence-electron chi connectivity index (χ3n) is 3.77. The summed E-state index contributed by atoms with van der Waals surface area (Å²) < 4.78 is 14.9. The van der Waals surface area contributed by atoms with Crippen LogP contribution in [0.2, 0.25) is 0 Å². The van der Waals surface area contributed by atoms with Crippen molar-refractivity contribution in [1.82, 2.24) is 9.97 Å². The molecule has 0 radical (unpaired) electrons. The first-order valence-corrected chi connectivity index (χ1v) is 9.31. The molecule has 0 aliphatic carbocycles. The fraction of sp³-hybridized carbons (Fsp3) is 0.222. The smallest absolute Gasteiger partial charge is 0.374 e. The summed E-state index contributed by atoms with van der Waals surface area (Å²) in [5, 5.41) is 0.399. The number of ether oxygens (including phenoxy) is 2. The molecule has 8 nitrogen and oxygen atoms in total. The van der Waals surface area contributed by atoms with E-state index in [1.54, 1.807) is 13.8 Å². The molecular weight excluding hydrogens is 408 g/mol. The van der Waals surface area contributed by atoms with Crippen molar-refractivity contribution in [3.63, 3.8) is 0 Å². The molecule has 28 heavy (non-hydrogen) atoms. The molecule has 3 heterocycles. The maximum absolute atomic E-state index is 12.5. The number of carbonyl (C=O) groups excluding carboxylic acids is 2. The Morgan fingerprint density at radius 3 is 2.79 bits per heavy atom. The number of aromatic amines is 1. The first-order valence-electron chi connectivity index (χ1n) is 8.12. The number of fused-ring (bicyclic) bond motifs is 1. The first kappa shape index (κ1) is 19.8. The molecule has 0 saturated carbocycles. The average molecular weight is 423 g/mol. The van der Waals surface area contributed by atoms with E-state index in [4.69, 9.17) is 25.5 Å². The molecule has 0 spiro atoms. The fourth-order valence-corrected chi connectivity index (χ4v) is 3.78. The van der Waals surface area contributed by atoms with E-state index in [1.165, 1.54) is 25.3 Å². The highest BCUT2D eigenvalue weighted by Crippen LogP contribution is 2.29. The van der Waals surface area contributed by atoms with Crippen LogP contribution in [0.4, 0.5) is 0 Å². The van der Waals surface area contributed by atoms with Crippen molar-refractivity contribution in [1.29, 1.82) is 0 Å². The van der Waals surface area contributed by atoms with Gasteiger partial charge in [0.25, 0.3) is 5.56 Å². The van der Waals surface area contributed by atoms with Crippen LogP contribution in [0.15, 0.2) is 21.3 Å². The molecule has 0 fully saturated rings. The zero-order valence-electron chi connectivity index (χ0n) is 15.1. The second-order valence-electron chi connectivity index (χ2n) is 5.56. The van der Waals surface area contributed by atoms with Crippen molar-refractivity contribution in [3.8, 4) is 0 Å². The number of aryl methyl sites for hydroxylation is 1. The number of methoxy groups -OCH3 is 1. The Labute approximate surface area is 167 Å². The van der Waals surface area contributed by atoms with Crippen LogP contribution >= 0.6 is 22.9 Å². The second kappa shape index (κ2) is 7.99. The standard InChI is InChI=1S/C18H15ClN2O6S/c1-4-26-17(23)11-6-5-9(27-11)7-10(19)14-20-15(22)12-8(2)13(18(24)25-3)28-16(12)21-14/h5-7H,4H2,1-3H3,(H,20,21,22). The number of hydrogen-bond acceptors (Lipinski definition) is 8. The summed E-state index contributed by atoms with van der Waals surface area (Å²) in [6.45, 7) is 3.57. The van der Waals surface area contributed by atoms with E-state index in [2.05, 4.69) is 9.97 Å². The van der Waals surface area contributed by atoms with E-state index >= 15 is 0 Å². The van der Waals surface area contributed by atoms with Gasteiger partial charge in [0, 0.05) is 6.08 Å². The number of esters is 2. The van der Waals surface area contributed by atoms with Gasteiger partial charge in [0.2, 0.25) is 5.76 Å². The molecule has 3 aromatic rings. The Bertz CT molecular complexity index is 1160. The average Bonchev–Trinajstić information content (AvgIpc) is 3.26. The number of halogens is 1. The van der Waals surface area contributed by atoms with E-state index < -0.39 is 17.5 Å². The van der Waals surface area contributed by atoms with Crippen LogP contribution in [-0.2, 0) is 9.47 Å². The van der Waals surface area contributed by atoms with Crippen molar-refractivity contribution >= 4 is 56.2 Å². The molecule has 146 valence electrons. The predicted octanol–water partition coefficient (Wildman–Crippen LogP) is 3.59. The fourth-order valence-electron chi connectivity index (χ4n) is 2.48. The van der Waals surface area contributed by atoms with Crippen LogP contribution in [0.3, 0.4) is 0 Å². The van der Waals surface area contributed by atoms with Gasteiger partial charge in [0.1, 0.15) is 15.5 Å². The zero-order chi connectivity index (χ0) is 20.4. The molecule has 0 aliphatic rings. The molecule has 0 amide bonds. The minimum atomic E-state index is -0.587. The number of thiophene rings is 1.